The summed E-state index contributed by atoms with van der Waals surface area (Å²) in [6.07, 6.45) is 1.74. The molecule has 1 aromatic heterocycles. The van der Waals surface area contributed by atoms with E-state index >= 15 is 0 Å². The number of aromatic nitrogens is 1. The topological polar surface area (TPSA) is 38.9 Å². The van der Waals surface area contributed by atoms with E-state index in [-0.39, 0.29) is 29.6 Å². The number of pyridine rings is 1. The van der Waals surface area contributed by atoms with Crippen molar-refractivity contribution in [3.8, 4) is 0 Å². The largest absolute Gasteiger partial charge is 0.383 e. The van der Waals surface area contributed by atoms with Crippen molar-refractivity contribution in [2.75, 3.05) is 5.73 Å². The van der Waals surface area contributed by atoms with Crippen LogP contribution < -0.4 is 5.73 Å². The molecule has 0 saturated carbocycles. The normalized spacial score (nSPS) is 10.4. The second kappa shape index (κ2) is 4.94. The molecule has 2 N–H and O–H groups in total. The first kappa shape index (κ1) is 12.8. The fourth-order valence-electron chi connectivity index (χ4n) is 2.03. The number of nitrogens with two attached hydrogens (primary N) is 1. The summed E-state index contributed by atoms with van der Waals surface area (Å²) < 4.78 is 1.08. The maximum atomic E-state index is 5.95. The zero-order valence-electron chi connectivity index (χ0n) is 9.44. The Morgan fingerprint density at radius 1 is 1.06 bits per heavy atom. The van der Waals surface area contributed by atoms with Crippen molar-refractivity contribution in [1.82, 2.24) is 4.98 Å². The number of hydrogen-bond acceptors (Lipinski definition) is 2. The maximum Gasteiger partial charge on any atom is 0.131 e. The van der Waals surface area contributed by atoms with Gasteiger partial charge >= 0.3 is 0 Å². The number of halogens is 1. The number of benzene rings is 2. The average molecular weight is 296 g/mol. The van der Waals surface area contributed by atoms with Crippen LogP contribution >= 0.6 is 15.9 Å². The van der Waals surface area contributed by atoms with Crippen LogP contribution in [0.5, 0.6) is 0 Å². The van der Waals surface area contributed by atoms with E-state index in [4.69, 9.17) is 5.73 Å². The minimum atomic E-state index is 0. The molecule has 0 bridgehead atoms. The van der Waals surface area contributed by atoms with Crippen LogP contribution in [0, 0.1) is 0 Å². The van der Waals surface area contributed by atoms with Crippen LogP contribution in [0.25, 0.3) is 21.5 Å². The number of fused-ring (bicyclic) bond motifs is 3. The van der Waals surface area contributed by atoms with Gasteiger partial charge in [-0.15, -0.1) is 0 Å². The van der Waals surface area contributed by atoms with E-state index in [1.165, 1.54) is 0 Å². The monoisotopic (exact) mass is 295 g/mol. The van der Waals surface area contributed by atoms with Gasteiger partial charge in [-0.05, 0) is 28.3 Å². The number of nitrogens with zero attached hydrogens (tertiary/aromatic N) is 1. The molecule has 2 aromatic carbocycles. The first-order valence-corrected chi connectivity index (χ1v) is 5.78. The molecule has 0 spiro atoms. The minimum absolute atomic E-state index is 0. The van der Waals surface area contributed by atoms with Crippen LogP contribution in [0.1, 0.15) is 0 Å². The predicted molar refractivity (Wildman–Crippen MR) is 77.1 cm³/mol. The Kier molecular flexibility index (Phi) is 3.73. The van der Waals surface area contributed by atoms with E-state index in [2.05, 4.69) is 39.1 Å². The molecule has 0 aliphatic rings. The molecular formula is C13H9BrN2Na. The third-order valence-electron chi connectivity index (χ3n) is 2.75. The first-order valence-electron chi connectivity index (χ1n) is 4.99. The van der Waals surface area contributed by atoms with Crippen molar-refractivity contribution in [2.45, 2.75) is 0 Å². The van der Waals surface area contributed by atoms with Crippen molar-refractivity contribution in [1.29, 1.82) is 0 Å². The van der Waals surface area contributed by atoms with Gasteiger partial charge in [0.1, 0.15) is 5.82 Å². The molecule has 0 unspecified atom stereocenters. The quantitative estimate of drug-likeness (QED) is 0.510. The first-order chi connectivity index (χ1) is 7.77. The van der Waals surface area contributed by atoms with Gasteiger partial charge in [0, 0.05) is 45.6 Å². The second-order valence-electron chi connectivity index (χ2n) is 3.70. The molecule has 4 heteroatoms. The van der Waals surface area contributed by atoms with Gasteiger partial charge in [-0.3, -0.25) is 0 Å². The van der Waals surface area contributed by atoms with E-state index < -0.39 is 0 Å². The van der Waals surface area contributed by atoms with Gasteiger partial charge in [0.15, 0.2) is 0 Å². The summed E-state index contributed by atoms with van der Waals surface area (Å²) in [5.74, 6) is 0.584. The van der Waals surface area contributed by atoms with Gasteiger partial charge in [-0.2, -0.15) is 0 Å². The summed E-state index contributed by atoms with van der Waals surface area (Å²) in [6, 6.07) is 12.2. The molecule has 0 fully saturated rings. The van der Waals surface area contributed by atoms with Crippen LogP contribution in [0.3, 0.4) is 0 Å². The Bertz CT molecular complexity index is 697. The molecule has 0 atom stereocenters. The van der Waals surface area contributed by atoms with E-state index in [1.807, 2.05) is 18.2 Å². The molecule has 0 aliphatic carbocycles. The van der Waals surface area contributed by atoms with Crippen LogP contribution in [0.15, 0.2) is 47.1 Å². The van der Waals surface area contributed by atoms with Crippen LogP contribution in [-0.2, 0) is 0 Å². The van der Waals surface area contributed by atoms with Gasteiger partial charge in [0.2, 0.25) is 0 Å². The SMILES string of the molecule is Nc1nccc2cc(Br)c3ccccc3c12.[Na]. The fraction of sp³-hybridized carbons (Fsp3) is 0. The fourth-order valence-corrected chi connectivity index (χ4v) is 2.62. The molecular weight excluding hydrogens is 287 g/mol. The Morgan fingerprint density at radius 2 is 1.76 bits per heavy atom. The number of rotatable bonds is 0. The van der Waals surface area contributed by atoms with Crippen molar-refractivity contribution >= 4 is 72.8 Å². The van der Waals surface area contributed by atoms with Gasteiger partial charge in [0.05, 0.1) is 0 Å². The molecule has 3 rings (SSSR count). The van der Waals surface area contributed by atoms with E-state index in [0.29, 0.717) is 5.82 Å². The van der Waals surface area contributed by atoms with E-state index in [9.17, 15) is 0 Å². The Balaban J connectivity index is 0.00000108. The molecule has 1 heterocycles. The minimum Gasteiger partial charge on any atom is -0.383 e. The zero-order valence-corrected chi connectivity index (χ0v) is 13.0. The van der Waals surface area contributed by atoms with Gasteiger partial charge < -0.3 is 5.73 Å². The molecule has 0 saturated heterocycles. The number of anilines is 1. The predicted octanol–water partition coefficient (Wildman–Crippen LogP) is 3.35. The molecule has 17 heavy (non-hydrogen) atoms. The standard InChI is InChI=1S/C13H9BrN2.Na/c14-11-7-8-5-6-16-13(15)12(8)10-4-2-1-3-9(10)11;/h1-7H,(H2,15,16);. The summed E-state index contributed by atoms with van der Waals surface area (Å²) in [5.41, 5.74) is 5.95. The summed E-state index contributed by atoms with van der Waals surface area (Å²) in [6.45, 7) is 0. The van der Waals surface area contributed by atoms with Crippen molar-refractivity contribution in [3.63, 3.8) is 0 Å². The molecule has 3 aromatic rings. The Labute approximate surface area is 130 Å². The molecule has 2 nitrogen and oxygen atoms in total. The summed E-state index contributed by atoms with van der Waals surface area (Å²) in [4.78, 5) is 4.15. The van der Waals surface area contributed by atoms with Gasteiger partial charge in [0.25, 0.3) is 0 Å². The maximum absolute atomic E-state index is 5.95. The summed E-state index contributed by atoms with van der Waals surface area (Å²) in [5, 5.41) is 4.44. The number of nitrogen functional groups attached to an aromatic ring is 1. The molecule has 0 aliphatic heterocycles. The van der Waals surface area contributed by atoms with Crippen LogP contribution in [0.4, 0.5) is 5.82 Å². The summed E-state index contributed by atoms with van der Waals surface area (Å²) in [7, 11) is 0. The third kappa shape index (κ3) is 2.08. The van der Waals surface area contributed by atoms with Crippen LogP contribution in [0.2, 0.25) is 0 Å². The molecule has 1 radical (unpaired) electrons. The zero-order chi connectivity index (χ0) is 11.1. The van der Waals surface area contributed by atoms with Crippen molar-refractivity contribution in [2.24, 2.45) is 0 Å². The van der Waals surface area contributed by atoms with Crippen molar-refractivity contribution < 1.29 is 0 Å². The average Bonchev–Trinajstić information content (AvgIpc) is 2.29. The number of hydrogen-bond donors (Lipinski definition) is 1. The van der Waals surface area contributed by atoms with Gasteiger partial charge in [-0.1, -0.05) is 40.2 Å². The molecule has 79 valence electrons. The second-order valence-corrected chi connectivity index (χ2v) is 4.55. The smallest absolute Gasteiger partial charge is 0.131 e. The van der Waals surface area contributed by atoms with Crippen molar-refractivity contribution in [3.05, 3.63) is 47.1 Å². The molecule has 0 amide bonds. The summed E-state index contributed by atoms with van der Waals surface area (Å²) >= 11 is 3.58. The third-order valence-corrected chi connectivity index (χ3v) is 3.40. The van der Waals surface area contributed by atoms with E-state index in [0.717, 1.165) is 26.0 Å². The van der Waals surface area contributed by atoms with Crippen LogP contribution in [-0.4, -0.2) is 34.5 Å². The van der Waals surface area contributed by atoms with Gasteiger partial charge in [-0.25, -0.2) is 4.98 Å². The Morgan fingerprint density at radius 3 is 2.53 bits per heavy atom. The van der Waals surface area contributed by atoms with E-state index in [1.54, 1.807) is 6.20 Å². The Hall–Kier alpha value is -0.610.